The number of nitrogens with one attached hydrogen (secondary N) is 1. The molecule has 1 atom stereocenters. The fraction of sp³-hybridized carbons (Fsp3) is 0.375. The summed E-state index contributed by atoms with van der Waals surface area (Å²) >= 11 is 9.08. The van der Waals surface area contributed by atoms with Crippen LogP contribution in [0.5, 0.6) is 0 Å². The molecule has 0 saturated heterocycles. The monoisotopic (exact) mass is 413 g/mol. The van der Waals surface area contributed by atoms with Gasteiger partial charge in [-0.05, 0) is 64.3 Å². The quantitative estimate of drug-likeness (QED) is 0.671. The Morgan fingerprint density at radius 3 is 2.75 bits per heavy atom. The van der Waals surface area contributed by atoms with Crippen LogP contribution in [-0.2, 0) is 6.42 Å². The minimum Gasteiger partial charge on any atom is -0.313 e. The Bertz CT molecular complexity index is 577. The van der Waals surface area contributed by atoms with E-state index in [-0.39, 0.29) is 0 Å². The third kappa shape index (κ3) is 3.94. The number of rotatable bonds is 6. The molecule has 3 rings (SSSR count). The highest BCUT2D eigenvalue weighted by Gasteiger charge is 2.23. The Morgan fingerprint density at radius 1 is 1.25 bits per heavy atom. The van der Waals surface area contributed by atoms with Crippen molar-refractivity contribution < 1.29 is 0 Å². The van der Waals surface area contributed by atoms with Crippen LogP contribution in [0.3, 0.4) is 0 Å². The number of hydrogen-bond donors (Lipinski definition) is 1. The molecule has 1 saturated carbocycles. The first-order chi connectivity index (χ1) is 9.72. The average molecular weight is 415 g/mol. The molecule has 1 unspecified atom stereocenters. The predicted octanol–water partition coefficient (Wildman–Crippen LogP) is 5.35. The number of halogens is 2. The smallest absolute Gasteiger partial charge is 0.0314 e. The highest BCUT2D eigenvalue weighted by molar-refractivity contribution is 9.10. The van der Waals surface area contributed by atoms with Crippen molar-refractivity contribution >= 4 is 43.2 Å². The number of benzene rings is 1. The molecule has 1 nitrogen and oxygen atoms in total. The fourth-order valence-electron chi connectivity index (χ4n) is 2.36. The lowest BCUT2D eigenvalue weighted by molar-refractivity contribution is 0.579. The van der Waals surface area contributed by atoms with Crippen molar-refractivity contribution in [2.24, 2.45) is 0 Å². The second-order valence-electron chi connectivity index (χ2n) is 5.33. The highest BCUT2D eigenvalue weighted by Crippen LogP contribution is 2.31. The van der Waals surface area contributed by atoms with Gasteiger partial charge in [0.1, 0.15) is 0 Å². The van der Waals surface area contributed by atoms with E-state index in [0.717, 1.165) is 23.5 Å². The molecule has 4 heteroatoms. The fourth-order valence-corrected chi connectivity index (χ4v) is 4.37. The van der Waals surface area contributed by atoms with Crippen LogP contribution in [0.15, 0.2) is 44.7 Å². The van der Waals surface area contributed by atoms with Crippen LogP contribution in [0.4, 0.5) is 0 Å². The topological polar surface area (TPSA) is 12.0 Å². The molecule has 1 aromatic carbocycles. The molecule has 20 heavy (non-hydrogen) atoms. The third-order valence-electron chi connectivity index (χ3n) is 3.67. The summed E-state index contributed by atoms with van der Waals surface area (Å²) in [4.78, 5) is 1.44. The van der Waals surface area contributed by atoms with E-state index in [4.69, 9.17) is 0 Å². The van der Waals surface area contributed by atoms with E-state index in [1.54, 1.807) is 0 Å². The van der Waals surface area contributed by atoms with Gasteiger partial charge in [-0.25, -0.2) is 0 Å². The van der Waals surface area contributed by atoms with Crippen LogP contribution in [0.2, 0.25) is 0 Å². The summed E-state index contributed by atoms with van der Waals surface area (Å²) in [5, 5.41) is 5.84. The van der Waals surface area contributed by atoms with Gasteiger partial charge in [0.25, 0.3) is 0 Å². The Hall–Kier alpha value is -0.160. The van der Waals surface area contributed by atoms with Crippen molar-refractivity contribution in [2.75, 3.05) is 6.54 Å². The molecule has 0 amide bonds. The van der Waals surface area contributed by atoms with Crippen molar-refractivity contribution in [2.45, 2.75) is 31.2 Å². The maximum atomic E-state index is 3.68. The molecular weight excluding hydrogens is 398 g/mol. The van der Waals surface area contributed by atoms with E-state index in [0.29, 0.717) is 5.92 Å². The van der Waals surface area contributed by atoms with Crippen molar-refractivity contribution in [3.8, 4) is 0 Å². The van der Waals surface area contributed by atoms with Crippen LogP contribution < -0.4 is 5.32 Å². The lowest BCUT2D eigenvalue weighted by Gasteiger charge is -2.18. The molecule has 1 aliphatic carbocycles. The lowest BCUT2D eigenvalue weighted by Crippen LogP contribution is -2.24. The zero-order chi connectivity index (χ0) is 13.9. The summed E-state index contributed by atoms with van der Waals surface area (Å²) in [6, 6.07) is 11.6. The molecule has 1 fully saturated rings. The Morgan fingerprint density at radius 2 is 2.10 bits per heavy atom. The molecule has 106 valence electrons. The van der Waals surface area contributed by atoms with Crippen molar-refractivity contribution in [1.29, 1.82) is 0 Å². The summed E-state index contributed by atoms with van der Waals surface area (Å²) in [6.07, 6.45) is 3.77. The summed E-state index contributed by atoms with van der Waals surface area (Å²) in [5.41, 5.74) is 1.41. The van der Waals surface area contributed by atoms with Crippen LogP contribution >= 0.6 is 43.2 Å². The summed E-state index contributed by atoms with van der Waals surface area (Å²) in [7, 11) is 0. The first-order valence-electron chi connectivity index (χ1n) is 6.93. The van der Waals surface area contributed by atoms with Crippen molar-refractivity contribution in [3.63, 3.8) is 0 Å². The molecule has 1 N–H and O–H groups in total. The molecule has 0 spiro atoms. The van der Waals surface area contributed by atoms with Gasteiger partial charge in [0.05, 0.1) is 0 Å². The van der Waals surface area contributed by atoms with Gasteiger partial charge in [0.2, 0.25) is 0 Å². The zero-order valence-corrected chi connectivity index (χ0v) is 15.1. The minimum absolute atomic E-state index is 0.531. The zero-order valence-electron chi connectivity index (χ0n) is 11.1. The van der Waals surface area contributed by atoms with Crippen molar-refractivity contribution in [3.05, 3.63) is 55.1 Å². The molecule has 0 bridgehead atoms. The average Bonchev–Trinajstić information content (AvgIpc) is 3.18. The molecule has 2 aromatic rings. The van der Waals surface area contributed by atoms with E-state index >= 15 is 0 Å². The molecule has 0 radical (unpaired) electrons. The second-order valence-corrected chi connectivity index (χ2v) is 8.10. The maximum Gasteiger partial charge on any atom is 0.0314 e. The Kier molecular flexibility index (Phi) is 4.97. The summed E-state index contributed by atoms with van der Waals surface area (Å²) in [6.45, 7) is 1.06. The predicted molar refractivity (Wildman–Crippen MR) is 93.6 cm³/mol. The van der Waals surface area contributed by atoms with Crippen LogP contribution in [-0.4, -0.2) is 12.6 Å². The van der Waals surface area contributed by atoms with Gasteiger partial charge in [-0.3, -0.25) is 0 Å². The largest absolute Gasteiger partial charge is 0.313 e. The van der Waals surface area contributed by atoms with E-state index in [2.05, 4.69) is 72.9 Å². The standard InChI is InChI=1S/C16H17Br2NS/c17-13-3-1-2-11(8-13)12(10-19-14-4-5-14)9-16-15(18)6-7-20-16/h1-3,6-8,12,14,19H,4-5,9-10H2. The summed E-state index contributed by atoms with van der Waals surface area (Å²) < 4.78 is 2.41. The maximum absolute atomic E-state index is 3.68. The molecule has 1 aromatic heterocycles. The minimum atomic E-state index is 0.531. The van der Waals surface area contributed by atoms with Gasteiger partial charge in [0, 0.05) is 32.3 Å². The summed E-state index contributed by atoms with van der Waals surface area (Å²) in [5.74, 6) is 0.531. The van der Waals surface area contributed by atoms with E-state index in [9.17, 15) is 0 Å². The third-order valence-corrected chi connectivity index (χ3v) is 6.12. The van der Waals surface area contributed by atoms with Crippen molar-refractivity contribution in [1.82, 2.24) is 5.32 Å². The van der Waals surface area contributed by atoms with Crippen LogP contribution in [0, 0.1) is 0 Å². The van der Waals surface area contributed by atoms with Gasteiger partial charge in [-0.2, -0.15) is 0 Å². The molecular formula is C16H17Br2NS. The first-order valence-corrected chi connectivity index (χ1v) is 9.39. The number of hydrogen-bond acceptors (Lipinski definition) is 2. The molecule has 0 aliphatic heterocycles. The normalized spacial score (nSPS) is 16.3. The van der Waals surface area contributed by atoms with Gasteiger partial charge < -0.3 is 5.32 Å². The van der Waals surface area contributed by atoms with Gasteiger partial charge >= 0.3 is 0 Å². The Labute approximate surface area is 141 Å². The van der Waals surface area contributed by atoms with Gasteiger partial charge in [0.15, 0.2) is 0 Å². The molecule has 1 aliphatic rings. The second kappa shape index (κ2) is 6.73. The number of thiophene rings is 1. The van der Waals surface area contributed by atoms with E-state index < -0.39 is 0 Å². The van der Waals surface area contributed by atoms with Gasteiger partial charge in [-0.15, -0.1) is 11.3 Å². The molecule has 1 heterocycles. The Balaban J connectivity index is 1.77. The SMILES string of the molecule is Brc1cccc(C(CNC2CC2)Cc2sccc2Br)c1. The highest BCUT2D eigenvalue weighted by atomic mass is 79.9. The van der Waals surface area contributed by atoms with Crippen LogP contribution in [0.25, 0.3) is 0 Å². The first kappa shape index (κ1) is 14.8. The van der Waals surface area contributed by atoms with Crippen LogP contribution in [0.1, 0.15) is 29.2 Å². The lowest BCUT2D eigenvalue weighted by atomic mass is 9.95. The van der Waals surface area contributed by atoms with E-state index in [1.807, 2.05) is 11.3 Å². The van der Waals surface area contributed by atoms with Gasteiger partial charge in [-0.1, -0.05) is 28.1 Å². The van der Waals surface area contributed by atoms with E-state index in [1.165, 1.54) is 27.8 Å².